The summed E-state index contributed by atoms with van der Waals surface area (Å²) in [5, 5.41) is 9.80. The highest BCUT2D eigenvalue weighted by atomic mass is 15.0. The maximum Gasteiger partial charge on any atom is 0.164 e. The molecular weight excluding hydrogens is 1360 g/mol. The van der Waals surface area contributed by atoms with Crippen LogP contribution in [0.25, 0.3) is 200 Å². The standard InChI is InChI=1S/2C53H35N3/c1-3-12-36(13-4-1)40-18-9-21-48(33-40)51-54-52(49-22-10-19-41(34-49)37-14-5-2-6-15-37)56-53(55-51)50-23-11-20-42(35-50)43-26-27-47-32-46(29-28-45(47)31-43)44-25-24-38-16-7-8-17-39(38)30-44;1-3-15-37(16-4-1)47-22-9-11-24-49(47)52-54-51(55-53(56-52)50-25-12-10-23-48(50)38-17-5-2-6-18-38)46-21-13-20-40(35-46)41-28-29-45-34-44(31-30-43(45)33-41)42-27-26-36-14-7-8-19-39(36)32-42/h2*1-35H. The lowest BCUT2D eigenvalue weighted by atomic mass is 9.96. The zero-order chi connectivity index (χ0) is 74.5. The van der Waals surface area contributed by atoms with Crippen LogP contribution in [0.4, 0.5) is 0 Å². The molecule has 0 fully saturated rings. The molecular formula is C106H70N6. The number of aromatic nitrogens is 6. The number of rotatable bonds is 14. The van der Waals surface area contributed by atoms with Gasteiger partial charge in [-0.2, -0.15) is 0 Å². The minimum absolute atomic E-state index is 0.624. The summed E-state index contributed by atoms with van der Waals surface area (Å²) in [6, 6.07) is 150. The van der Waals surface area contributed by atoms with E-state index in [4.69, 9.17) is 29.9 Å². The van der Waals surface area contributed by atoms with Crippen molar-refractivity contribution in [2.75, 3.05) is 0 Å². The van der Waals surface area contributed by atoms with Gasteiger partial charge >= 0.3 is 0 Å². The van der Waals surface area contributed by atoms with Crippen LogP contribution in [-0.2, 0) is 0 Å². The first-order valence-electron chi connectivity index (χ1n) is 37.8. The van der Waals surface area contributed by atoms with E-state index in [0.29, 0.717) is 34.9 Å². The van der Waals surface area contributed by atoms with E-state index in [2.05, 4.69) is 388 Å². The number of hydrogen-bond acceptors (Lipinski definition) is 6. The molecule has 0 radical (unpaired) electrons. The zero-order valence-corrected chi connectivity index (χ0v) is 61.1. The van der Waals surface area contributed by atoms with Gasteiger partial charge in [-0.05, 0) is 193 Å². The van der Waals surface area contributed by atoms with Crippen molar-refractivity contribution in [3.63, 3.8) is 0 Å². The van der Waals surface area contributed by atoms with E-state index in [-0.39, 0.29) is 0 Å². The molecule has 0 atom stereocenters. The highest BCUT2D eigenvalue weighted by Gasteiger charge is 2.20. The Morgan fingerprint density at radius 1 is 0.0982 bits per heavy atom. The van der Waals surface area contributed by atoms with Gasteiger partial charge in [0.1, 0.15) is 0 Å². The first-order valence-corrected chi connectivity index (χ1v) is 37.8. The van der Waals surface area contributed by atoms with Crippen molar-refractivity contribution in [3.8, 4) is 157 Å². The molecule has 6 heteroatoms. The molecule has 112 heavy (non-hydrogen) atoms. The fraction of sp³-hybridized carbons (Fsp3) is 0. The molecule has 0 spiro atoms. The van der Waals surface area contributed by atoms with Gasteiger partial charge in [-0.3, -0.25) is 0 Å². The first-order chi connectivity index (χ1) is 55.4. The lowest BCUT2D eigenvalue weighted by Crippen LogP contribution is -2.02. The Morgan fingerprint density at radius 2 is 0.286 bits per heavy atom. The van der Waals surface area contributed by atoms with E-state index in [1.165, 1.54) is 65.3 Å². The van der Waals surface area contributed by atoms with Gasteiger partial charge in [0.15, 0.2) is 34.9 Å². The fourth-order valence-electron chi connectivity index (χ4n) is 15.2. The van der Waals surface area contributed by atoms with Crippen molar-refractivity contribution in [1.29, 1.82) is 0 Å². The average Bonchev–Trinajstić information content (AvgIpc) is 0.787. The first kappa shape index (κ1) is 67.6. The molecule has 0 saturated heterocycles. The SMILES string of the molecule is c1ccc(-c2cccc(-c3nc(-c4cccc(-c5ccccc5)c4)nc(-c4cccc(-c5ccc6cc(-c7ccc8ccccc8c7)ccc6c5)c4)n3)c2)cc1.c1ccc(-c2ccccc2-c2nc(-c3cccc(-c4ccc5cc(-c6ccc7ccccc7c6)ccc5c4)c3)nc(-c3ccccc3-c3ccccc3)n2)cc1. The third-order valence-electron chi connectivity index (χ3n) is 21.0. The van der Waals surface area contributed by atoms with Crippen LogP contribution >= 0.6 is 0 Å². The van der Waals surface area contributed by atoms with Crippen molar-refractivity contribution in [2.24, 2.45) is 0 Å². The van der Waals surface area contributed by atoms with Gasteiger partial charge in [-0.25, -0.2) is 29.9 Å². The molecule has 18 aromatic carbocycles. The Labute approximate surface area is 650 Å². The van der Waals surface area contributed by atoms with E-state index in [1.807, 2.05) is 36.4 Å². The van der Waals surface area contributed by atoms with Crippen LogP contribution in [0, 0.1) is 0 Å². The highest BCUT2D eigenvalue weighted by Crippen LogP contribution is 2.40. The molecule has 0 unspecified atom stereocenters. The van der Waals surface area contributed by atoms with E-state index in [0.717, 1.165) is 100 Å². The largest absolute Gasteiger partial charge is 0.208 e. The lowest BCUT2D eigenvalue weighted by molar-refractivity contribution is 1.07. The minimum atomic E-state index is 0.624. The Kier molecular flexibility index (Phi) is 18.3. The second-order valence-corrected chi connectivity index (χ2v) is 28.2. The third-order valence-corrected chi connectivity index (χ3v) is 21.0. The minimum Gasteiger partial charge on any atom is -0.208 e. The molecule has 0 amide bonds. The molecule has 0 bridgehead atoms. The molecule has 0 aliphatic rings. The van der Waals surface area contributed by atoms with Crippen LogP contribution in [0.15, 0.2) is 425 Å². The summed E-state index contributed by atoms with van der Waals surface area (Å²) in [5.74, 6) is 3.77. The average molecular weight is 1430 g/mol. The number of fused-ring (bicyclic) bond motifs is 4. The van der Waals surface area contributed by atoms with Gasteiger partial charge < -0.3 is 0 Å². The summed E-state index contributed by atoms with van der Waals surface area (Å²) in [6.45, 7) is 0. The molecule has 6 nitrogen and oxygen atoms in total. The van der Waals surface area contributed by atoms with Crippen LogP contribution in [0.2, 0.25) is 0 Å². The summed E-state index contributed by atoms with van der Waals surface area (Å²) in [5.41, 5.74) is 23.8. The Hall–Kier alpha value is -15.0. The van der Waals surface area contributed by atoms with E-state index in [9.17, 15) is 0 Å². The molecule has 2 aromatic heterocycles. The zero-order valence-electron chi connectivity index (χ0n) is 61.1. The molecule has 20 rings (SSSR count). The van der Waals surface area contributed by atoms with Gasteiger partial charge in [-0.1, -0.05) is 364 Å². The second-order valence-electron chi connectivity index (χ2n) is 28.2. The van der Waals surface area contributed by atoms with Crippen LogP contribution in [0.1, 0.15) is 0 Å². The Balaban J connectivity index is 0.000000151. The van der Waals surface area contributed by atoms with Crippen LogP contribution in [-0.4, -0.2) is 29.9 Å². The number of benzene rings is 18. The van der Waals surface area contributed by atoms with Crippen molar-refractivity contribution in [2.45, 2.75) is 0 Å². The van der Waals surface area contributed by atoms with Gasteiger partial charge in [-0.15, -0.1) is 0 Å². The molecule has 0 aliphatic heterocycles. The van der Waals surface area contributed by atoms with Crippen LogP contribution < -0.4 is 0 Å². The predicted octanol–water partition coefficient (Wildman–Crippen LogP) is 27.7. The van der Waals surface area contributed by atoms with Crippen LogP contribution in [0.3, 0.4) is 0 Å². The normalized spacial score (nSPS) is 11.2. The van der Waals surface area contributed by atoms with E-state index < -0.39 is 0 Å². The smallest absolute Gasteiger partial charge is 0.164 e. The van der Waals surface area contributed by atoms with Gasteiger partial charge in [0.05, 0.1) is 0 Å². The monoisotopic (exact) mass is 1430 g/mol. The van der Waals surface area contributed by atoms with Crippen molar-refractivity contribution < 1.29 is 0 Å². The maximum absolute atomic E-state index is 5.21. The Bertz CT molecular complexity index is 6680. The maximum atomic E-state index is 5.21. The predicted molar refractivity (Wildman–Crippen MR) is 466 cm³/mol. The summed E-state index contributed by atoms with van der Waals surface area (Å²) in [6.07, 6.45) is 0. The molecule has 524 valence electrons. The summed E-state index contributed by atoms with van der Waals surface area (Å²) in [7, 11) is 0. The van der Waals surface area contributed by atoms with Gasteiger partial charge in [0, 0.05) is 33.4 Å². The van der Waals surface area contributed by atoms with Gasteiger partial charge in [0.2, 0.25) is 0 Å². The highest BCUT2D eigenvalue weighted by molar-refractivity contribution is 5.96. The van der Waals surface area contributed by atoms with Crippen LogP contribution in [0.5, 0.6) is 0 Å². The van der Waals surface area contributed by atoms with E-state index in [1.54, 1.807) is 0 Å². The molecule has 0 N–H and O–H groups in total. The van der Waals surface area contributed by atoms with Crippen molar-refractivity contribution in [1.82, 2.24) is 29.9 Å². The molecule has 0 saturated carbocycles. The Morgan fingerprint density at radius 3 is 0.589 bits per heavy atom. The summed E-state index contributed by atoms with van der Waals surface area (Å²) >= 11 is 0. The molecule has 20 aromatic rings. The quantitative estimate of drug-likeness (QED) is 0.108. The fourth-order valence-corrected chi connectivity index (χ4v) is 15.2. The molecule has 2 heterocycles. The topological polar surface area (TPSA) is 77.3 Å². The second kappa shape index (κ2) is 30.3. The van der Waals surface area contributed by atoms with E-state index >= 15 is 0 Å². The number of nitrogens with zero attached hydrogens (tertiary/aromatic N) is 6. The third kappa shape index (κ3) is 14.2. The summed E-state index contributed by atoms with van der Waals surface area (Å²) in [4.78, 5) is 31.0. The van der Waals surface area contributed by atoms with Crippen molar-refractivity contribution >= 4 is 43.1 Å². The van der Waals surface area contributed by atoms with Crippen molar-refractivity contribution in [3.05, 3.63) is 425 Å². The lowest BCUT2D eigenvalue weighted by Gasteiger charge is -2.14. The summed E-state index contributed by atoms with van der Waals surface area (Å²) < 4.78 is 0. The van der Waals surface area contributed by atoms with Gasteiger partial charge in [0.25, 0.3) is 0 Å². The number of hydrogen-bond donors (Lipinski definition) is 0. The molecule has 0 aliphatic carbocycles.